The van der Waals surface area contributed by atoms with E-state index in [0.29, 0.717) is 12.2 Å². The molecule has 0 aliphatic rings. The van der Waals surface area contributed by atoms with Gasteiger partial charge in [-0.3, -0.25) is 0 Å². The van der Waals surface area contributed by atoms with Crippen LogP contribution in [-0.4, -0.2) is 14.9 Å². The molecule has 0 fully saturated rings. The highest BCUT2D eigenvalue weighted by Crippen LogP contribution is 2.31. The molecule has 0 atom stereocenters. The molecular formula is C12H15BrN4. The second-order valence-electron chi connectivity index (χ2n) is 4.13. The molecule has 0 spiro atoms. The Labute approximate surface area is 110 Å². The third kappa shape index (κ3) is 2.68. The molecule has 1 heterocycles. The maximum atomic E-state index is 9.06. The van der Waals surface area contributed by atoms with Gasteiger partial charge < -0.3 is 4.57 Å². The van der Waals surface area contributed by atoms with E-state index in [9.17, 15) is 0 Å². The Hall–Kier alpha value is -1.33. The first-order valence-corrected chi connectivity index (χ1v) is 6.69. The second kappa shape index (κ2) is 5.84. The number of aromatic nitrogens is 2. The summed E-state index contributed by atoms with van der Waals surface area (Å²) in [6.07, 6.45) is 3.61. The van der Waals surface area contributed by atoms with E-state index in [1.54, 1.807) is 10.9 Å². The van der Waals surface area contributed by atoms with Gasteiger partial charge >= 0.3 is 0 Å². The average Bonchev–Trinajstić information content (AvgIpc) is 2.77. The van der Waals surface area contributed by atoms with Gasteiger partial charge in [0.2, 0.25) is 0 Å². The van der Waals surface area contributed by atoms with Crippen LogP contribution in [-0.2, 0) is 6.54 Å². The van der Waals surface area contributed by atoms with Crippen LogP contribution in [0.1, 0.15) is 38.1 Å². The summed E-state index contributed by atoms with van der Waals surface area (Å²) in [5.74, 6) is 0. The molecular weight excluding hydrogens is 280 g/mol. The van der Waals surface area contributed by atoms with Crippen LogP contribution in [0.3, 0.4) is 0 Å². The zero-order valence-electron chi connectivity index (χ0n) is 10.1. The van der Waals surface area contributed by atoms with Crippen LogP contribution in [0.5, 0.6) is 0 Å². The van der Waals surface area contributed by atoms with E-state index < -0.39 is 0 Å². The fourth-order valence-corrected chi connectivity index (χ4v) is 2.74. The first-order valence-electron chi connectivity index (χ1n) is 5.57. The monoisotopic (exact) mass is 294 g/mol. The fourth-order valence-electron chi connectivity index (χ4n) is 1.77. The number of imidazole rings is 1. The molecule has 0 amide bonds. The summed E-state index contributed by atoms with van der Waals surface area (Å²) in [6.45, 7) is 4.99. The summed E-state index contributed by atoms with van der Waals surface area (Å²) in [5, 5.41) is 18.8. The molecule has 0 aliphatic heterocycles. The van der Waals surface area contributed by atoms with Crippen LogP contribution in [0.25, 0.3) is 0 Å². The molecule has 0 saturated heterocycles. The topological polar surface area (TPSA) is 65.4 Å². The summed E-state index contributed by atoms with van der Waals surface area (Å²) in [6, 6.07) is 3.99. The number of hydrogen-bond acceptors (Lipinski definition) is 3. The summed E-state index contributed by atoms with van der Waals surface area (Å²) in [7, 11) is 0. The molecule has 0 saturated carbocycles. The fraction of sp³-hybridized carbons (Fsp3) is 0.583. The molecule has 0 aromatic carbocycles. The van der Waals surface area contributed by atoms with Gasteiger partial charge in [0.1, 0.15) is 12.1 Å². The van der Waals surface area contributed by atoms with Crippen molar-refractivity contribution in [1.29, 1.82) is 10.5 Å². The number of nitrogens with zero attached hydrogens (tertiary/aromatic N) is 4. The van der Waals surface area contributed by atoms with E-state index in [0.717, 1.165) is 18.2 Å². The van der Waals surface area contributed by atoms with E-state index in [1.807, 2.05) is 6.07 Å². The number of alkyl halides is 1. The summed E-state index contributed by atoms with van der Waals surface area (Å²) in [5.41, 5.74) is 0.682. The van der Waals surface area contributed by atoms with Gasteiger partial charge in [-0.15, -0.1) is 0 Å². The smallest absolute Gasteiger partial charge is 0.176 e. The van der Waals surface area contributed by atoms with Crippen molar-refractivity contribution in [3.8, 4) is 12.1 Å². The van der Waals surface area contributed by atoms with Crippen molar-refractivity contribution in [2.45, 2.75) is 33.2 Å². The molecule has 17 heavy (non-hydrogen) atoms. The molecule has 1 rings (SSSR count). The minimum Gasteiger partial charge on any atom is -0.321 e. The van der Waals surface area contributed by atoms with Crippen LogP contribution in [0.4, 0.5) is 0 Å². The third-order valence-corrected chi connectivity index (χ3v) is 4.53. The summed E-state index contributed by atoms with van der Waals surface area (Å²) < 4.78 is 1.78. The summed E-state index contributed by atoms with van der Waals surface area (Å²) >= 11 is 3.54. The predicted octanol–water partition coefficient (Wildman–Crippen LogP) is 2.83. The van der Waals surface area contributed by atoms with Gasteiger partial charge in [-0.2, -0.15) is 10.5 Å². The van der Waals surface area contributed by atoms with E-state index in [4.69, 9.17) is 10.5 Å². The quantitative estimate of drug-likeness (QED) is 0.784. The Bertz CT molecular complexity index is 452. The van der Waals surface area contributed by atoms with Crippen molar-refractivity contribution < 1.29 is 0 Å². The molecule has 0 bridgehead atoms. The van der Waals surface area contributed by atoms with Crippen molar-refractivity contribution in [1.82, 2.24) is 9.55 Å². The van der Waals surface area contributed by atoms with Gasteiger partial charge in [-0.05, 0) is 18.3 Å². The average molecular weight is 295 g/mol. The molecule has 0 radical (unpaired) electrons. The van der Waals surface area contributed by atoms with E-state index in [-0.39, 0.29) is 11.1 Å². The van der Waals surface area contributed by atoms with Gasteiger partial charge in [-0.1, -0.05) is 29.8 Å². The Balaban J connectivity index is 3.08. The zero-order valence-corrected chi connectivity index (χ0v) is 11.7. The molecule has 5 heteroatoms. The van der Waals surface area contributed by atoms with Crippen molar-refractivity contribution in [3.63, 3.8) is 0 Å². The highest BCUT2D eigenvalue weighted by molar-refractivity contribution is 9.09. The Morgan fingerprint density at radius 2 is 2.00 bits per heavy atom. The summed E-state index contributed by atoms with van der Waals surface area (Å²) in [4.78, 5) is 3.96. The maximum Gasteiger partial charge on any atom is 0.176 e. The first kappa shape index (κ1) is 13.7. The van der Waals surface area contributed by atoms with Gasteiger partial charge in [-0.25, -0.2) is 4.98 Å². The molecule has 0 N–H and O–H groups in total. The van der Waals surface area contributed by atoms with Crippen LogP contribution in [0.2, 0.25) is 0 Å². The SMILES string of the molecule is CCC(CC)(CBr)Cn1cnc(C#N)c1C#N. The standard InChI is InChI=1S/C12H15BrN4/c1-3-12(4-2,7-13)8-17-9-16-10(5-14)11(17)6-15/h9H,3-4,7-8H2,1-2H3. The lowest BCUT2D eigenvalue weighted by atomic mass is 9.84. The van der Waals surface area contributed by atoms with Gasteiger partial charge in [0.25, 0.3) is 0 Å². The predicted molar refractivity (Wildman–Crippen MR) is 68.5 cm³/mol. The van der Waals surface area contributed by atoms with Gasteiger partial charge in [0.05, 0.1) is 6.33 Å². The normalized spacial score (nSPS) is 10.9. The van der Waals surface area contributed by atoms with Crippen molar-refractivity contribution in [2.75, 3.05) is 5.33 Å². The molecule has 1 aromatic heterocycles. The number of nitriles is 2. The lowest BCUT2D eigenvalue weighted by molar-refractivity contribution is 0.259. The minimum absolute atomic E-state index is 0.110. The van der Waals surface area contributed by atoms with Crippen LogP contribution in [0.15, 0.2) is 6.33 Å². The number of hydrogen-bond donors (Lipinski definition) is 0. The maximum absolute atomic E-state index is 9.06. The van der Waals surface area contributed by atoms with Crippen LogP contribution in [0, 0.1) is 28.1 Å². The number of halogens is 1. The van der Waals surface area contributed by atoms with Crippen molar-refractivity contribution in [2.24, 2.45) is 5.41 Å². The molecule has 1 aromatic rings. The lowest BCUT2D eigenvalue weighted by Crippen LogP contribution is -2.27. The molecule has 0 unspecified atom stereocenters. The van der Waals surface area contributed by atoms with Crippen LogP contribution >= 0.6 is 15.9 Å². The molecule has 4 nitrogen and oxygen atoms in total. The highest BCUT2D eigenvalue weighted by atomic mass is 79.9. The second-order valence-corrected chi connectivity index (χ2v) is 4.69. The van der Waals surface area contributed by atoms with E-state index >= 15 is 0 Å². The minimum atomic E-state index is 0.110. The van der Waals surface area contributed by atoms with E-state index in [2.05, 4.69) is 40.8 Å². The zero-order chi connectivity index (χ0) is 12.9. The van der Waals surface area contributed by atoms with Gasteiger partial charge in [0, 0.05) is 11.9 Å². The Morgan fingerprint density at radius 3 is 2.41 bits per heavy atom. The number of rotatable bonds is 5. The molecule has 90 valence electrons. The largest absolute Gasteiger partial charge is 0.321 e. The highest BCUT2D eigenvalue weighted by Gasteiger charge is 2.27. The van der Waals surface area contributed by atoms with E-state index in [1.165, 1.54) is 0 Å². The van der Waals surface area contributed by atoms with Crippen molar-refractivity contribution in [3.05, 3.63) is 17.7 Å². The van der Waals surface area contributed by atoms with Gasteiger partial charge in [0.15, 0.2) is 11.4 Å². The Morgan fingerprint density at radius 1 is 1.35 bits per heavy atom. The first-order chi connectivity index (χ1) is 8.16. The van der Waals surface area contributed by atoms with Crippen LogP contribution < -0.4 is 0 Å². The lowest BCUT2D eigenvalue weighted by Gasteiger charge is -2.30. The Kier molecular flexibility index (Phi) is 4.72. The third-order valence-electron chi connectivity index (χ3n) is 3.34. The van der Waals surface area contributed by atoms with Crippen molar-refractivity contribution >= 4 is 15.9 Å². The molecule has 0 aliphatic carbocycles.